The van der Waals surface area contributed by atoms with Crippen LogP contribution in [-0.2, 0) is 0 Å². The number of rotatable bonds is 3. The van der Waals surface area contributed by atoms with Gasteiger partial charge in [-0.1, -0.05) is 18.2 Å². The normalized spacial score (nSPS) is 22.6. The molecule has 1 aliphatic rings. The third-order valence-electron chi connectivity index (χ3n) is 4.09. The molecule has 3 N–H and O–H groups in total. The van der Waals surface area contributed by atoms with E-state index < -0.39 is 0 Å². The number of carbonyl (C=O) groups excluding carboxylic acids is 1. The number of H-pyrrole nitrogens is 1. The Bertz CT molecular complexity index is 577. The lowest BCUT2D eigenvalue weighted by Gasteiger charge is -2.14. The van der Waals surface area contributed by atoms with Crippen molar-refractivity contribution in [1.29, 1.82) is 0 Å². The van der Waals surface area contributed by atoms with Crippen LogP contribution in [0.2, 0.25) is 0 Å². The van der Waals surface area contributed by atoms with E-state index in [-0.39, 0.29) is 31.0 Å². The first-order chi connectivity index (χ1) is 9.72. The van der Waals surface area contributed by atoms with Crippen molar-refractivity contribution in [1.82, 2.24) is 9.88 Å². The van der Waals surface area contributed by atoms with Crippen LogP contribution in [0.5, 0.6) is 0 Å². The topological polar surface area (TPSA) is 76.6 Å². The number of carbonyl (C=O) groups is 1. The second-order valence-electron chi connectivity index (χ2n) is 5.37. The van der Waals surface area contributed by atoms with E-state index in [9.17, 15) is 15.0 Å². The number of aliphatic hydroxyl groups excluding tert-OH is 2. The summed E-state index contributed by atoms with van der Waals surface area (Å²) in [4.78, 5) is 17.3. The summed E-state index contributed by atoms with van der Waals surface area (Å²) in [6.45, 7) is 0.995. The molecule has 1 aromatic heterocycles. The van der Waals surface area contributed by atoms with Gasteiger partial charge in [0.1, 0.15) is 5.69 Å². The third kappa shape index (κ3) is 2.19. The molecular weight excluding hydrogens is 256 g/mol. The largest absolute Gasteiger partial charge is 0.396 e. The van der Waals surface area contributed by atoms with Gasteiger partial charge in [-0.05, 0) is 12.1 Å². The molecule has 1 amide bonds. The molecule has 1 aromatic carbocycles. The van der Waals surface area contributed by atoms with Gasteiger partial charge in [0.25, 0.3) is 5.91 Å². The Hall–Kier alpha value is -1.85. The molecule has 0 radical (unpaired) electrons. The smallest absolute Gasteiger partial charge is 0.270 e. The molecular formula is C15H18N2O3. The zero-order valence-corrected chi connectivity index (χ0v) is 11.1. The van der Waals surface area contributed by atoms with Crippen LogP contribution in [0.1, 0.15) is 10.5 Å². The van der Waals surface area contributed by atoms with Crippen molar-refractivity contribution in [3.8, 4) is 0 Å². The Labute approximate surface area is 116 Å². The minimum atomic E-state index is -0.0735. The summed E-state index contributed by atoms with van der Waals surface area (Å²) in [5.41, 5.74) is 1.49. The number of aliphatic hydroxyl groups is 2. The van der Waals surface area contributed by atoms with Crippen molar-refractivity contribution < 1.29 is 15.0 Å². The van der Waals surface area contributed by atoms with Gasteiger partial charge in [-0.25, -0.2) is 0 Å². The summed E-state index contributed by atoms with van der Waals surface area (Å²) < 4.78 is 0. The minimum absolute atomic E-state index is 0.00169. The van der Waals surface area contributed by atoms with Gasteiger partial charge in [0, 0.05) is 49.0 Å². The van der Waals surface area contributed by atoms with Crippen molar-refractivity contribution in [2.45, 2.75) is 0 Å². The summed E-state index contributed by atoms with van der Waals surface area (Å²) in [6, 6.07) is 9.59. The number of nitrogens with zero attached hydrogens (tertiary/aromatic N) is 1. The molecule has 1 aliphatic heterocycles. The average Bonchev–Trinajstić information content (AvgIpc) is 3.09. The maximum Gasteiger partial charge on any atom is 0.270 e. The summed E-state index contributed by atoms with van der Waals surface area (Å²) in [5, 5.41) is 19.6. The number of amides is 1. The number of hydrogen-bond donors (Lipinski definition) is 3. The van der Waals surface area contributed by atoms with Crippen LogP contribution in [0, 0.1) is 11.8 Å². The standard InChI is InChI=1S/C15H18N2O3/c18-8-11-6-17(7-12(11)9-19)15(20)14-5-10-3-1-2-4-13(10)16-14/h1-5,11-12,16,18-19H,6-9H2/t11-,12-/m0/s1. The number of aromatic nitrogens is 1. The van der Waals surface area contributed by atoms with Gasteiger partial charge in [-0.2, -0.15) is 0 Å². The monoisotopic (exact) mass is 274 g/mol. The van der Waals surface area contributed by atoms with Crippen LogP contribution in [0.15, 0.2) is 30.3 Å². The molecule has 0 spiro atoms. The predicted octanol–water partition coefficient (Wildman–Crippen LogP) is 0.841. The van der Waals surface area contributed by atoms with Crippen LogP contribution in [0.25, 0.3) is 10.9 Å². The number of aromatic amines is 1. The molecule has 1 saturated heterocycles. The van der Waals surface area contributed by atoms with Gasteiger partial charge in [0.2, 0.25) is 0 Å². The van der Waals surface area contributed by atoms with E-state index in [1.807, 2.05) is 30.3 Å². The van der Waals surface area contributed by atoms with Gasteiger partial charge in [-0.3, -0.25) is 4.79 Å². The van der Waals surface area contributed by atoms with E-state index in [4.69, 9.17) is 0 Å². The van der Waals surface area contributed by atoms with Gasteiger partial charge in [0.15, 0.2) is 0 Å². The highest BCUT2D eigenvalue weighted by atomic mass is 16.3. The summed E-state index contributed by atoms with van der Waals surface area (Å²) in [6.07, 6.45) is 0. The lowest BCUT2D eigenvalue weighted by molar-refractivity contribution is 0.0773. The quantitative estimate of drug-likeness (QED) is 0.776. The molecule has 2 heterocycles. The van der Waals surface area contributed by atoms with Gasteiger partial charge in [0.05, 0.1) is 0 Å². The highest BCUT2D eigenvalue weighted by molar-refractivity contribution is 5.98. The molecule has 2 atom stereocenters. The van der Waals surface area contributed by atoms with Crippen molar-refractivity contribution in [3.63, 3.8) is 0 Å². The molecule has 0 unspecified atom stereocenters. The number of hydrogen-bond acceptors (Lipinski definition) is 3. The first-order valence-corrected chi connectivity index (χ1v) is 6.81. The third-order valence-corrected chi connectivity index (χ3v) is 4.09. The first kappa shape index (κ1) is 13.1. The fourth-order valence-electron chi connectivity index (χ4n) is 2.88. The molecule has 2 aromatic rings. The van der Waals surface area contributed by atoms with Crippen LogP contribution in [0.4, 0.5) is 0 Å². The summed E-state index contributed by atoms with van der Waals surface area (Å²) in [5.74, 6) is -0.141. The highest BCUT2D eigenvalue weighted by Gasteiger charge is 2.35. The van der Waals surface area contributed by atoms with Gasteiger partial charge < -0.3 is 20.1 Å². The van der Waals surface area contributed by atoms with E-state index in [1.165, 1.54) is 0 Å². The fourth-order valence-corrected chi connectivity index (χ4v) is 2.88. The molecule has 3 rings (SSSR count). The van der Waals surface area contributed by atoms with Crippen molar-refractivity contribution >= 4 is 16.8 Å². The van der Waals surface area contributed by atoms with Crippen LogP contribution < -0.4 is 0 Å². The Morgan fingerprint density at radius 2 is 1.85 bits per heavy atom. The van der Waals surface area contributed by atoms with Crippen molar-refractivity contribution in [2.24, 2.45) is 11.8 Å². The highest BCUT2D eigenvalue weighted by Crippen LogP contribution is 2.25. The van der Waals surface area contributed by atoms with Crippen LogP contribution in [0.3, 0.4) is 0 Å². The maximum atomic E-state index is 12.5. The predicted molar refractivity (Wildman–Crippen MR) is 75.4 cm³/mol. The summed E-state index contributed by atoms with van der Waals surface area (Å²) >= 11 is 0. The van der Waals surface area contributed by atoms with Crippen LogP contribution in [-0.4, -0.2) is 52.3 Å². The number of fused-ring (bicyclic) bond motifs is 1. The Kier molecular flexibility index (Phi) is 3.46. The molecule has 5 heteroatoms. The zero-order chi connectivity index (χ0) is 14.1. The van der Waals surface area contributed by atoms with Crippen molar-refractivity contribution in [3.05, 3.63) is 36.0 Å². The molecule has 20 heavy (non-hydrogen) atoms. The molecule has 106 valence electrons. The first-order valence-electron chi connectivity index (χ1n) is 6.81. The zero-order valence-electron chi connectivity index (χ0n) is 11.1. The van der Waals surface area contributed by atoms with E-state index in [0.717, 1.165) is 10.9 Å². The molecule has 0 bridgehead atoms. The maximum absolute atomic E-state index is 12.5. The Morgan fingerprint density at radius 1 is 1.20 bits per heavy atom. The molecule has 1 fully saturated rings. The summed E-state index contributed by atoms with van der Waals surface area (Å²) in [7, 11) is 0. The number of para-hydroxylation sites is 1. The van der Waals surface area contributed by atoms with Gasteiger partial charge >= 0.3 is 0 Å². The number of benzene rings is 1. The van der Waals surface area contributed by atoms with Crippen LogP contribution >= 0.6 is 0 Å². The fraction of sp³-hybridized carbons (Fsp3) is 0.400. The van der Waals surface area contributed by atoms with E-state index in [1.54, 1.807) is 4.90 Å². The second-order valence-corrected chi connectivity index (χ2v) is 5.37. The number of likely N-dealkylation sites (tertiary alicyclic amines) is 1. The van der Waals surface area contributed by atoms with E-state index in [2.05, 4.69) is 4.98 Å². The Balaban J connectivity index is 1.82. The molecule has 0 aliphatic carbocycles. The number of nitrogens with one attached hydrogen (secondary N) is 1. The Morgan fingerprint density at radius 3 is 2.45 bits per heavy atom. The lowest BCUT2D eigenvalue weighted by Crippen LogP contribution is -2.29. The SMILES string of the molecule is O=C(c1cc2ccccc2[nH]1)N1C[C@@H](CO)[C@H](CO)C1. The van der Waals surface area contributed by atoms with Gasteiger partial charge in [-0.15, -0.1) is 0 Å². The van der Waals surface area contributed by atoms with E-state index in [0.29, 0.717) is 18.8 Å². The second kappa shape index (κ2) is 5.26. The molecule has 5 nitrogen and oxygen atoms in total. The average molecular weight is 274 g/mol. The van der Waals surface area contributed by atoms with Crippen molar-refractivity contribution in [2.75, 3.05) is 26.3 Å². The van der Waals surface area contributed by atoms with E-state index >= 15 is 0 Å². The lowest BCUT2D eigenvalue weighted by atomic mass is 9.98. The minimum Gasteiger partial charge on any atom is -0.396 e. The molecule has 0 saturated carbocycles.